The fourth-order valence-corrected chi connectivity index (χ4v) is 2.93. The molecule has 1 amide bonds. The van der Waals surface area contributed by atoms with Gasteiger partial charge in [-0.15, -0.1) is 0 Å². The van der Waals surface area contributed by atoms with Gasteiger partial charge in [0.1, 0.15) is 5.82 Å². The Bertz CT molecular complexity index is 478. The van der Waals surface area contributed by atoms with E-state index in [9.17, 15) is 4.79 Å². The van der Waals surface area contributed by atoms with Crippen LogP contribution in [0.3, 0.4) is 0 Å². The molecule has 5 heteroatoms. The summed E-state index contributed by atoms with van der Waals surface area (Å²) >= 11 is 3.39. The van der Waals surface area contributed by atoms with E-state index in [0.29, 0.717) is 23.3 Å². The third-order valence-electron chi connectivity index (χ3n) is 3.82. The zero-order valence-electron chi connectivity index (χ0n) is 12.1. The second-order valence-corrected chi connectivity index (χ2v) is 6.38. The van der Waals surface area contributed by atoms with Crippen molar-refractivity contribution in [3.63, 3.8) is 0 Å². The van der Waals surface area contributed by atoms with Crippen molar-refractivity contribution >= 4 is 27.7 Å². The fraction of sp³-hybridized carbons (Fsp3) is 0.600. The molecule has 2 atom stereocenters. The van der Waals surface area contributed by atoms with E-state index in [1.54, 1.807) is 6.20 Å². The minimum absolute atomic E-state index is 0.0313. The highest BCUT2D eigenvalue weighted by molar-refractivity contribution is 9.10. The molecular weight excluding hydrogens is 318 g/mol. The molecule has 0 saturated heterocycles. The van der Waals surface area contributed by atoms with Gasteiger partial charge in [0.2, 0.25) is 0 Å². The first-order valence-corrected chi connectivity index (χ1v) is 8.11. The molecule has 20 heavy (non-hydrogen) atoms. The largest absolute Gasteiger partial charge is 0.369 e. The molecule has 4 nitrogen and oxygen atoms in total. The summed E-state index contributed by atoms with van der Waals surface area (Å²) in [6.07, 6.45) is 6.18. The van der Waals surface area contributed by atoms with E-state index >= 15 is 0 Å². The monoisotopic (exact) mass is 339 g/mol. The second-order valence-electron chi connectivity index (χ2n) is 5.46. The molecule has 1 aliphatic rings. The van der Waals surface area contributed by atoms with Crippen LogP contribution in [-0.4, -0.2) is 23.5 Å². The molecule has 110 valence electrons. The van der Waals surface area contributed by atoms with Gasteiger partial charge >= 0.3 is 0 Å². The maximum absolute atomic E-state index is 12.5. The van der Waals surface area contributed by atoms with E-state index in [0.717, 1.165) is 23.9 Å². The van der Waals surface area contributed by atoms with Crippen LogP contribution in [0.25, 0.3) is 0 Å². The third kappa shape index (κ3) is 3.72. The van der Waals surface area contributed by atoms with Crippen molar-refractivity contribution < 1.29 is 4.79 Å². The normalized spacial score (nSPS) is 21.8. The summed E-state index contributed by atoms with van der Waals surface area (Å²) in [5, 5.41) is 6.36. The molecule has 1 fully saturated rings. The Labute approximate surface area is 128 Å². The highest BCUT2D eigenvalue weighted by Crippen LogP contribution is 2.26. The molecule has 2 rings (SSSR count). The van der Waals surface area contributed by atoms with E-state index in [4.69, 9.17) is 0 Å². The number of carbonyl (C=O) groups is 1. The zero-order chi connectivity index (χ0) is 14.5. The average Bonchev–Trinajstić information content (AvgIpc) is 2.83. The summed E-state index contributed by atoms with van der Waals surface area (Å²) in [5.74, 6) is 1.19. The molecule has 1 saturated carbocycles. The van der Waals surface area contributed by atoms with Crippen molar-refractivity contribution in [2.75, 3.05) is 11.9 Å². The van der Waals surface area contributed by atoms with Gasteiger partial charge in [0.25, 0.3) is 5.91 Å². The minimum atomic E-state index is -0.0313. The van der Waals surface area contributed by atoms with E-state index in [-0.39, 0.29) is 5.91 Å². The van der Waals surface area contributed by atoms with Gasteiger partial charge in [-0.3, -0.25) is 4.79 Å². The van der Waals surface area contributed by atoms with Crippen LogP contribution in [0.1, 0.15) is 49.9 Å². The number of anilines is 1. The quantitative estimate of drug-likeness (QED) is 0.861. The fourth-order valence-electron chi connectivity index (χ4n) is 2.60. The molecule has 2 unspecified atom stereocenters. The number of nitrogens with zero attached hydrogens (tertiary/aromatic N) is 1. The van der Waals surface area contributed by atoms with Crippen LogP contribution in [0.15, 0.2) is 16.7 Å². The van der Waals surface area contributed by atoms with Crippen molar-refractivity contribution in [2.45, 2.75) is 45.6 Å². The zero-order valence-corrected chi connectivity index (χ0v) is 13.7. The van der Waals surface area contributed by atoms with Gasteiger partial charge in [0.15, 0.2) is 0 Å². The second kappa shape index (κ2) is 7.07. The molecule has 1 aromatic rings. The average molecular weight is 340 g/mol. The summed E-state index contributed by atoms with van der Waals surface area (Å²) in [5.41, 5.74) is 0.618. The standard InChI is InChI=1S/C15H22BrN3O/c1-3-7-17-14-12(8-11(16)9-18-14)15(20)19-13-6-4-5-10(13)2/h8-10,13H,3-7H2,1-2H3,(H,17,18)(H,19,20). The van der Waals surface area contributed by atoms with Gasteiger partial charge in [-0.05, 0) is 47.2 Å². The molecule has 0 aliphatic heterocycles. The SMILES string of the molecule is CCCNc1ncc(Br)cc1C(=O)NC1CCCC1C. The maximum atomic E-state index is 12.5. The van der Waals surface area contributed by atoms with Crippen LogP contribution in [0, 0.1) is 5.92 Å². The number of hydrogen-bond acceptors (Lipinski definition) is 3. The smallest absolute Gasteiger partial charge is 0.255 e. The molecule has 0 aromatic carbocycles. The van der Waals surface area contributed by atoms with E-state index in [1.165, 1.54) is 12.8 Å². The Morgan fingerprint density at radius 3 is 2.95 bits per heavy atom. The van der Waals surface area contributed by atoms with Crippen molar-refractivity contribution in [1.82, 2.24) is 10.3 Å². The molecule has 1 heterocycles. The number of aromatic nitrogens is 1. The van der Waals surface area contributed by atoms with Crippen LogP contribution < -0.4 is 10.6 Å². The molecule has 0 spiro atoms. The van der Waals surface area contributed by atoms with Crippen LogP contribution in [0.5, 0.6) is 0 Å². The Balaban J connectivity index is 2.12. The Kier molecular flexibility index (Phi) is 5.40. The van der Waals surface area contributed by atoms with Crippen molar-refractivity contribution in [2.24, 2.45) is 5.92 Å². The molecule has 1 aromatic heterocycles. The number of nitrogens with one attached hydrogen (secondary N) is 2. The molecule has 2 N–H and O–H groups in total. The first kappa shape index (κ1) is 15.3. The topological polar surface area (TPSA) is 54.0 Å². The number of halogens is 1. The summed E-state index contributed by atoms with van der Waals surface area (Å²) in [4.78, 5) is 16.8. The molecular formula is C15H22BrN3O. The molecule has 1 aliphatic carbocycles. The van der Waals surface area contributed by atoms with Crippen molar-refractivity contribution in [3.05, 3.63) is 22.3 Å². The van der Waals surface area contributed by atoms with Crippen LogP contribution in [0.2, 0.25) is 0 Å². The number of carbonyl (C=O) groups excluding carboxylic acids is 1. The van der Waals surface area contributed by atoms with E-state index in [2.05, 4.69) is 45.4 Å². The van der Waals surface area contributed by atoms with Crippen LogP contribution in [0.4, 0.5) is 5.82 Å². The minimum Gasteiger partial charge on any atom is -0.369 e. The van der Waals surface area contributed by atoms with Crippen molar-refractivity contribution in [1.29, 1.82) is 0 Å². The Morgan fingerprint density at radius 1 is 1.50 bits per heavy atom. The van der Waals surface area contributed by atoms with E-state index < -0.39 is 0 Å². The van der Waals surface area contributed by atoms with Gasteiger partial charge in [0.05, 0.1) is 5.56 Å². The number of rotatable bonds is 5. The third-order valence-corrected chi connectivity index (χ3v) is 4.25. The van der Waals surface area contributed by atoms with Gasteiger partial charge in [-0.25, -0.2) is 4.98 Å². The first-order chi connectivity index (χ1) is 9.61. The predicted molar refractivity (Wildman–Crippen MR) is 85.0 cm³/mol. The number of hydrogen-bond donors (Lipinski definition) is 2. The van der Waals surface area contributed by atoms with Gasteiger partial charge in [-0.2, -0.15) is 0 Å². The lowest BCUT2D eigenvalue weighted by atomic mass is 10.1. The Hall–Kier alpha value is -1.10. The van der Waals surface area contributed by atoms with Gasteiger partial charge < -0.3 is 10.6 Å². The predicted octanol–water partition coefficient (Wildman–Crippen LogP) is 3.58. The van der Waals surface area contributed by atoms with Crippen LogP contribution >= 0.6 is 15.9 Å². The highest BCUT2D eigenvalue weighted by Gasteiger charge is 2.26. The van der Waals surface area contributed by atoms with Crippen LogP contribution in [-0.2, 0) is 0 Å². The maximum Gasteiger partial charge on any atom is 0.255 e. The molecule has 0 radical (unpaired) electrons. The summed E-state index contributed by atoms with van der Waals surface area (Å²) in [6, 6.07) is 2.13. The highest BCUT2D eigenvalue weighted by atomic mass is 79.9. The summed E-state index contributed by atoms with van der Waals surface area (Å²) in [6.45, 7) is 5.11. The first-order valence-electron chi connectivity index (χ1n) is 7.32. The van der Waals surface area contributed by atoms with E-state index in [1.807, 2.05) is 6.07 Å². The summed E-state index contributed by atoms with van der Waals surface area (Å²) in [7, 11) is 0. The summed E-state index contributed by atoms with van der Waals surface area (Å²) < 4.78 is 0.823. The molecule has 0 bridgehead atoms. The number of amides is 1. The van der Waals surface area contributed by atoms with Gasteiger partial charge in [0, 0.05) is 23.3 Å². The van der Waals surface area contributed by atoms with Crippen molar-refractivity contribution in [3.8, 4) is 0 Å². The lowest BCUT2D eigenvalue weighted by Gasteiger charge is -2.18. The lowest BCUT2D eigenvalue weighted by Crippen LogP contribution is -2.36. The number of pyridine rings is 1. The van der Waals surface area contributed by atoms with Gasteiger partial charge in [-0.1, -0.05) is 20.3 Å². The lowest BCUT2D eigenvalue weighted by molar-refractivity contribution is 0.0930. The Morgan fingerprint density at radius 2 is 2.30 bits per heavy atom.